The summed E-state index contributed by atoms with van der Waals surface area (Å²) in [7, 11) is 0. The van der Waals surface area contributed by atoms with Crippen molar-refractivity contribution in [3.63, 3.8) is 0 Å². The smallest absolute Gasteiger partial charge is 0.234 e. The van der Waals surface area contributed by atoms with Crippen molar-refractivity contribution in [2.45, 2.75) is 110 Å². The lowest BCUT2D eigenvalue weighted by Crippen LogP contribution is -2.44. The molecule has 196 valence electrons. The minimum Gasteiger partial charge on any atom is -0.395 e. The van der Waals surface area contributed by atoms with Crippen LogP contribution in [0.3, 0.4) is 0 Å². The third-order valence-electron chi connectivity index (χ3n) is 5.93. The first-order valence-corrected chi connectivity index (χ1v) is 13.6. The Kier molecular flexibility index (Phi) is 24.5. The molecule has 0 aliphatic heterocycles. The number of nitrogens with zero attached hydrogens (tertiary/aromatic N) is 1. The Bertz CT molecular complexity index is 427. The third kappa shape index (κ3) is 23.8. The van der Waals surface area contributed by atoms with Gasteiger partial charge in [-0.1, -0.05) is 103 Å². The Hall–Kier alpha value is -1.18. The zero-order valence-electron chi connectivity index (χ0n) is 21.4. The van der Waals surface area contributed by atoms with Crippen LogP contribution in [-0.4, -0.2) is 72.9 Å². The van der Waals surface area contributed by atoms with Gasteiger partial charge in [-0.3, -0.25) is 14.5 Å². The predicted molar refractivity (Wildman–Crippen MR) is 136 cm³/mol. The minimum atomic E-state index is -0.185. The molecule has 4 N–H and O–H groups in total. The maximum absolute atomic E-state index is 11.9. The Balaban J connectivity index is 3.72. The highest BCUT2D eigenvalue weighted by molar-refractivity contribution is 5.81. The second-order valence-corrected chi connectivity index (χ2v) is 9.16. The molecule has 0 unspecified atom stereocenters. The van der Waals surface area contributed by atoms with Gasteiger partial charge >= 0.3 is 0 Å². The standard InChI is InChI=1S/C26H53N3O4/c1-2-3-4-5-6-7-8-9-10-11-12-13-14-15-16-17-20-29(23-25(32)27-18-21-30)24-26(33)28-19-22-31/h30-31H,2-24H2,1H3,(H,27,32)(H,28,33). The molecule has 0 aromatic carbocycles. The minimum absolute atomic E-state index is 0.0954. The normalized spacial score (nSPS) is 11.2. The summed E-state index contributed by atoms with van der Waals surface area (Å²) < 4.78 is 0. The Morgan fingerprint density at radius 1 is 0.576 bits per heavy atom. The lowest BCUT2D eigenvalue weighted by atomic mass is 10.0. The van der Waals surface area contributed by atoms with Crippen molar-refractivity contribution in [3.8, 4) is 0 Å². The zero-order chi connectivity index (χ0) is 24.4. The average Bonchev–Trinajstić information content (AvgIpc) is 2.81. The first-order chi connectivity index (χ1) is 16.1. The van der Waals surface area contributed by atoms with Crippen LogP contribution in [0.25, 0.3) is 0 Å². The monoisotopic (exact) mass is 471 g/mol. The van der Waals surface area contributed by atoms with E-state index >= 15 is 0 Å². The molecule has 0 rings (SSSR count). The molecule has 0 fully saturated rings. The molecule has 7 heteroatoms. The first kappa shape index (κ1) is 31.8. The number of nitrogens with one attached hydrogen (secondary N) is 2. The lowest BCUT2D eigenvalue weighted by Gasteiger charge is -2.21. The van der Waals surface area contributed by atoms with E-state index in [9.17, 15) is 9.59 Å². The number of aliphatic hydroxyl groups is 2. The molecule has 0 aromatic rings. The number of aliphatic hydroxyl groups excluding tert-OH is 2. The van der Waals surface area contributed by atoms with Crippen LogP contribution in [0.5, 0.6) is 0 Å². The van der Waals surface area contributed by atoms with E-state index in [0.29, 0.717) is 6.54 Å². The van der Waals surface area contributed by atoms with Gasteiger partial charge in [0.15, 0.2) is 0 Å². The van der Waals surface area contributed by atoms with Crippen molar-refractivity contribution in [2.75, 3.05) is 45.9 Å². The molecule has 7 nitrogen and oxygen atoms in total. The Labute approximate surface area is 203 Å². The largest absolute Gasteiger partial charge is 0.395 e. The van der Waals surface area contributed by atoms with Gasteiger partial charge in [-0.25, -0.2) is 0 Å². The summed E-state index contributed by atoms with van der Waals surface area (Å²) in [5.74, 6) is -0.369. The number of rotatable bonds is 25. The van der Waals surface area contributed by atoms with Crippen LogP contribution in [0.1, 0.15) is 110 Å². The van der Waals surface area contributed by atoms with Crippen molar-refractivity contribution in [1.82, 2.24) is 15.5 Å². The second-order valence-electron chi connectivity index (χ2n) is 9.16. The molecule has 0 saturated carbocycles. The fourth-order valence-electron chi connectivity index (χ4n) is 4.01. The highest BCUT2D eigenvalue weighted by Crippen LogP contribution is 2.13. The van der Waals surface area contributed by atoms with Gasteiger partial charge in [0.05, 0.1) is 26.3 Å². The summed E-state index contributed by atoms with van der Waals surface area (Å²) >= 11 is 0. The van der Waals surface area contributed by atoms with Crippen molar-refractivity contribution >= 4 is 11.8 Å². The highest BCUT2D eigenvalue weighted by atomic mass is 16.3. The molecule has 0 aliphatic carbocycles. The fourth-order valence-corrected chi connectivity index (χ4v) is 4.01. The van der Waals surface area contributed by atoms with Crippen molar-refractivity contribution in [1.29, 1.82) is 0 Å². The van der Waals surface area contributed by atoms with Gasteiger partial charge in [0.2, 0.25) is 11.8 Å². The van der Waals surface area contributed by atoms with Gasteiger partial charge in [-0.05, 0) is 13.0 Å². The van der Waals surface area contributed by atoms with Crippen molar-refractivity contribution in [2.24, 2.45) is 0 Å². The molecule has 0 heterocycles. The fraction of sp³-hybridized carbons (Fsp3) is 0.923. The maximum Gasteiger partial charge on any atom is 0.234 e. The van der Waals surface area contributed by atoms with Crippen molar-refractivity contribution in [3.05, 3.63) is 0 Å². The highest BCUT2D eigenvalue weighted by Gasteiger charge is 2.14. The molecular weight excluding hydrogens is 418 g/mol. The van der Waals surface area contributed by atoms with E-state index in [2.05, 4.69) is 17.6 Å². The van der Waals surface area contributed by atoms with Gasteiger partial charge in [-0.2, -0.15) is 0 Å². The second kappa shape index (κ2) is 25.4. The number of hydrogen-bond acceptors (Lipinski definition) is 5. The number of amides is 2. The zero-order valence-corrected chi connectivity index (χ0v) is 21.4. The quantitative estimate of drug-likeness (QED) is 0.152. The van der Waals surface area contributed by atoms with Crippen molar-refractivity contribution < 1.29 is 19.8 Å². The molecule has 0 atom stereocenters. The van der Waals surface area contributed by atoms with E-state index in [-0.39, 0.29) is 51.2 Å². The van der Waals surface area contributed by atoms with E-state index in [1.165, 1.54) is 89.9 Å². The van der Waals surface area contributed by atoms with Crippen LogP contribution in [0.2, 0.25) is 0 Å². The molecule has 33 heavy (non-hydrogen) atoms. The molecule has 0 radical (unpaired) electrons. The van der Waals surface area contributed by atoms with Crippen LogP contribution in [-0.2, 0) is 9.59 Å². The molecule has 0 aromatic heterocycles. The van der Waals surface area contributed by atoms with Crippen LogP contribution < -0.4 is 10.6 Å². The van der Waals surface area contributed by atoms with Gasteiger partial charge < -0.3 is 20.8 Å². The Morgan fingerprint density at radius 3 is 1.24 bits per heavy atom. The van der Waals surface area contributed by atoms with E-state index in [4.69, 9.17) is 10.2 Å². The average molecular weight is 472 g/mol. The van der Waals surface area contributed by atoms with E-state index in [1.54, 1.807) is 0 Å². The van der Waals surface area contributed by atoms with Crippen LogP contribution >= 0.6 is 0 Å². The predicted octanol–water partition coefficient (Wildman–Crippen LogP) is 3.77. The first-order valence-electron chi connectivity index (χ1n) is 13.6. The van der Waals surface area contributed by atoms with Crippen LogP contribution in [0, 0.1) is 0 Å². The van der Waals surface area contributed by atoms with Crippen LogP contribution in [0.4, 0.5) is 0 Å². The van der Waals surface area contributed by atoms with Crippen LogP contribution in [0.15, 0.2) is 0 Å². The molecular formula is C26H53N3O4. The molecule has 0 aliphatic rings. The van der Waals surface area contributed by atoms with Gasteiger partial charge in [0.1, 0.15) is 0 Å². The summed E-state index contributed by atoms with van der Waals surface area (Å²) in [5.41, 5.74) is 0. The Morgan fingerprint density at radius 2 is 0.909 bits per heavy atom. The van der Waals surface area contributed by atoms with E-state index in [0.717, 1.165) is 12.8 Å². The summed E-state index contributed by atoms with van der Waals surface area (Å²) in [6.45, 7) is 3.51. The molecule has 2 amide bonds. The lowest BCUT2D eigenvalue weighted by molar-refractivity contribution is -0.125. The molecule has 0 saturated heterocycles. The summed E-state index contributed by atoms with van der Waals surface area (Å²) in [6, 6.07) is 0. The summed E-state index contributed by atoms with van der Waals surface area (Å²) in [5, 5.41) is 22.9. The van der Waals surface area contributed by atoms with E-state index in [1.807, 2.05) is 4.90 Å². The molecule has 0 bridgehead atoms. The topological polar surface area (TPSA) is 102 Å². The van der Waals surface area contributed by atoms with Gasteiger partial charge in [-0.15, -0.1) is 0 Å². The maximum atomic E-state index is 11.9. The number of unbranched alkanes of at least 4 members (excludes halogenated alkanes) is 15. The SMILES string of the molecule is CCCCCCCCCCCCCCCCCCN(CC(=O)NCCO)CC(=O)NCCO. The molecule has 0 spiro atoms. The third-order valence-corrected chi connectivity index (χ3v) is 5.93. The van der Waals surface area contributed by atoms with Gasteiger partial charge in [0.25, 0.3) is 0 Å². The summed E-state index contributed by atoms with van der Waals surface area (Å²) in [4.78, 5) is 25.7. The number of carbonyl (C=O) groups is 2. The van der Waals surface area contributed by atoms with Gasteiger partial charge in [0, 0.05) is 13.1 Å². The number of carbonyl (C=O) groups excluding carboxylic acids is 2. The number of hydrogen-bond donors (Lipinski definition) is 4. The summed E-state index contributed by atoms with van der Waals surface area (Å²) in [6.07, 6.45) is 21.0. The van der Waals surface area contributed by atoms with E-state index < -0.39 is 0 Å².